The van der Waals surface area contributed by atoms with Crippen LogP contribution in [-0.4, -0.2) is 11.0 Å². The first-order valence-electron chi connectivity index (χ1n) is 11.1. The quantitative estimate of drug-likeness (QED) is 0.348. The molecule has 3 heteroatoms. The van der Waals surface area contributed by atoms with E-state index >= 15 is 0 Å². The molecular formula is C29H31NO2. The van der Waals surface area contributed by atoms with Crippen molar-refractivity contribution < 1.29 is 9.90 Å². The van der Waals surface area contributed by atoms with Crippen molar-refractivity contribution in [3.63, 3.8) is 0 Å². The zero-order valence-corrected chi connectivity index (χ0v) is 19.4. The van der Waals surface area contributed by atoms with Crippen LogP contribution in [0.25, 0.3) is 12.2 Å². The number of nitrogens with one attached hydrogen (secondary N) is 1. The number of carbonyl (C=O) groups excluding carboxylic acids is 1. The maximum absolute atomic E-state index is 12.4. The molecule has 1 aliphatic rings. The molecule has 0 aromatic heterocycles. The first kappa shape index (κ1) is 21.9. The van der Waals surface area contributed by atoms with E-state index in [1.54, 1.807) is 24.3 Å². The van der Waals surface area contributed by atoms with Crippen molar-refractivity contribution >= 4 is 23.7 Å². The number of hydrogen-bond acceptors (Lipinski definition) is 2. The molecule has 0 fully saturated rings. The molecule has 164 valence electrons. The number of phenols is 1. The Kier molecular flexibility index (Phi) is 5.46. The minimum Gasteiger partial charge on any atom is -0.508 e. The summed E-state index contributed by atoms with van der Waals surface area (Å²) >= 11 is 0. The average Bonchev–Trinajstić information content (AvgIpc) is 2.91. The molecule has 1 aliphatic carbocycles. The highest BCUT2D eigenvalue weighted by Gasteiger charge is 2.48. The Balaban J connectivity index is 1.48. The van der Waals surface area contributed by atoms with Crippen LogP contribution in [0.5, 0.6) is 5.75 Å². The molecule has 3 aromatic carbocycles. The minimum atomic E-state index is -0.177. The fourth-order valence-corrected chi connectivity index (χ4v) is 4.82. The number of anilines is 1. The van der Waals surface area contributed by atoms with Crippen molar-refractivity contribution in [2.45, 2.75) is 45.4 Å². The predicted molar refractivity (Wildman–Crippen MR) is 133 cm³/mol. The van der Waals surface area contributed by atoms with Gasteiger partial charge >= 0.3 is 0 Å². The zero-order chi connectivity index (χ0) is 23.1. The Bertz CT molecular complexity index is 1170. The lowest BCUT2D eigenvalue weighted by atomic mass is 9.71. The molecule has 32 heavy (non-hydrogen) atoms. The molecular weight excluding hydrogens is 394 g/mol. The van der Waals surface area contributed by atoms with Gasteiger partial charge in [0.2, 0.25) is 0 Å². The Morgan fingerprint density at radius 3 is 2.03 bits per heavy atom. The van der Waals surface area contributed by atoms with E-state index in [2.05, 4.69) is 70.3 Å². The minimum absolute atomic E-state index is 0.148. The number of amides is 1. The summed E-state index contributed by atoms with van der Waals surface area (Å²) < 4.78 is 0. The fourth-order valence-electron chi connectivity index (χ4n) is 4.82. The first-order valence-corrected chi connectivity index (χ1v) is 11.1. The summed E-state index contributed by atoms with van der Waals surface area (Å²) in [4.78, 5) is 12.4. The molecule has 3 aromatic rings. The van der Waals surface area contributed by atoms with Gasteiger partial charge in [-0.15, -0.1) is 0 Å². The molecule has 2 N–H and O–H groups in total. The van der Waals surface area contributed by atoms with Gasteiger partial charge in [0.15, 0.2) is 0 Å². The molecule has 0 spiro atoms. The molecule has 1 amide bonds. The van der Waals surface area contributed by atoms with Crippen molar-refractivity contribution in [3.05, 3.63) is 94.5 Å². The number of aromatic hydroxyl groups is 1. The van der Waals surface area contributed by atoms with Gasteiger partial charge in [0.1, 0.15) is 5.75 Å². The lowest BCUT2D eigenvalue weighted by molar-refractivity contribution is 0.102. The van der Waals surface area contributed by atoms with Crippen molar-refractivity contribution in [2.75, 3.05) is 5.32 Å². The van der Waals surface area contributed by atoms with Crippen LogP contribution >= 0.6 is 0 Å². The number of phenolic OH excluding ortho intramolecular Hbond substituents is 1. The summed E-state index contributed by atoms with van der Waals surface area (Å²) in [6.45, 7) is 11.7. The standard InChI is InChI=1S/C29H31NO2/c1-19-28(2,3)25-17-10-21(18-26(25)29(19,4)5)7-6-20-8-11-22(12-9-20)27(32)30-23-13-15-24(31)16-14-23/h6-19,31H,1-5H3,(H,30,32). The van der Waals surface area contributed by atoms with Gasteiger partial charge in [0.05, 0.1) is 0 Å². The van der Waals surface area contributed by atoms with Crippen LogP contribution in [0.4, 0.5) is 5.69 Å². The third-order valence-corrected chi connectivity index (χ3v) is 7.36. The zero-order valence-electron chi connectivity index (χ0n) is 19.4. The van der Waals surface area contributed by atoms with Gasteiger partial charge in [-0.3, -0.25) is 4.79 Å². The summed E-state index contributed by atoms with van der Waals surface area (Å²) in [6, 6.07) is 20.8. The second kappa shape index (κ2) is 7.98. The number of hydrogen-bond donors (Lipinski definition) is 2. The highest BCUT2D eigenvalue weighted by Crippen LogP contribution is 2.53. The molecule has 0 bridgehead atoms. The van der Waals surface area contributed by atoms with Gasteiger partial charge in [-0.05, 0) is 75.4 Å². The number of fused-ring (bicyclic) bond motifs is 1. The van der Waals surface area contributed by atoms with Gasteiger partial charge in [-0.2, -0.15) is 0 Å². The van der Waals surface area contributed by atoms with E-state index in [-0.39, 0.29) is 22.5 Å². The van der Waals surface area contributed by atoms with Gasteiger partial charge in [-0.25, -0.2) is 0 Å². The molecule has 1 unspecified atom stereocenters. The molecule has 0 aliphatic heterocycles. The maximum Gasteiger partial charge on any atom is 0.255 e. The number of carbonyl (C=O) groups is 1. The van der Waals surface area contributed by atoms with E-state index in [1.165, 1.54) is 16.7 Å². The van der Waals surface area contributed by atoms with Gasteiger partial charge in [0.25, 0.3) is 5.91 Å². The summed E-state index contributed by atoms with van der Waals surface area (Å²) in [5.74, 6) is 0.567. The topological polar surface area (TPSA) is 49.3 Å². The normalized spacial score (nSPS) is 18.5. The fraction of sp³-hybridized carbons (Fsp3) is 0.276. The highest BCUT2D eigenvalue weighted by molar-refractivity contribution is 6.04. The Labute approximate surface area is 190 Å². The molecule has 0 saturated carbocycles. The van der Waals surface area contributed by atoms with Crippen LogP contribution in [0, 0.1) is 5.92 Å². The second-order valence-electron chi connectivity index (χ2n) is 9.93. The SMILES string of the molecule is CC1C(C)(C)c2ccc(C=Cc3ccc(C(=O)Nc4ccc(O)cc4)cc3)cc2C1(C)C. The largest absolute Gasteiger partial charge is 0.508 e. The summed E-state index contributed by atoms with van der Waals surface area (Å²) in [6.07, 6.45) is 4.22. The Hall–Kier alpha value is -3.33. The molecule has 1 atom stereocenters. The van der Waals surface area contributed by atoms with E-state index in [9.17, 15) is 9.90 Å². The number of benzene rings is 3. The lowest BCUT2D eigenvalue weighted by Crippen LogP contribution is -2.30. The van der Waals surface area contributed by atoms with Crippen molar-refractivity contribution in [3.8, 4) is 5.75 Å². The summed E-state index contributed by atoms with van der Waals surface area (Å²) in [5.41, 5.74) is 6.69. The number of rotatable bonds is 4. The van der Waals surface area contributed by atoms with Crippen LogP contribution in [0.15, 0.2) is 66.7 Å². The molecule has 0 saturated heterocycles. The molecule has 0 radical (unpaired) electrons. The monoisotopic (exact) mass is 425 g/mol. The molecule has 3 nitrogen and oxygen atoms in total. The highest BCUT2D eigenvalue weighted by atomic mass is 16.3. The smallest absolute Gasteiger partial charge is 0.255 e. The van der Waals surface area contributed by atoms with Crippen LogP contribution < -0.4 is 5.32 Å². The third kappa shape index (κ3) is 3.95. The third-order valence-electron chi connectivity index (χ3n) is 7.36. The Morgan fingerprint density at radius 2 is 1.38 bits per heavy atom. The maximum atomic E-state index is 12.4. The van der Waals surface area contributed by atoms with Crippen molar-refractivity contribution in [1.82, 2.24) is 0 Å². The predicted octanol–water partition coefficient (Wildman–Crippen LogP) is 7.02. The van der Waals surface area contributed by atoms with Gasteiger partial charge in [-0.1, -0.05) is 77.1 Å². The van der Waals surface area contributed by atoms with E-state index < -0.39 is 0 Å². The van der Waals surface area contributed by atoms with E-state index in [0.29, 0.717) is 17.2 Å². The van der Waals surface area contributed by atoms with Crippen LogP contribution in [0.1, 0.15) is 67.2 Å². The summed E-state index contributed by atoms with van der Waals surface area (Å²) in [7, 11) is 0. The lowest BCUT2D eigenvalue weighted by Gasteiger charge is -2.32. The Morgan fingerprint density at radius 1 is 0.812 bits per heavy atom. The molecule has 4 rings (SSSR count). The van der Waals surface area contributed by atoms with Gasteiger partial charge < -0.3 is 10.4 Å². The van der Waals surface area contributed by atoms with Crippen molar-refractivity contribution in [2.24, 2.45) is 5.92 Å². The van der Waals surface area contributed by atoms with E-state index in [0.717, 1.165) is 5.56 Å². The van der Waals surface area contributed by atoms with E-state index in [1.807, 2.05) is 24.3 Å². The van der Waals surface area contributed by atoms with Crippen molar-refractivity contribution in [1.29, 1.82) is 0 Å². The van der Waals surface area contributed by atoms with Crippen LogP contribution in [0.3, 0.4) is 0 Å². The molecule has 0 heterocycles. The van der Waals surface area contributed by atoms with Gasteiger partial charge in [0, 0.05) is 11.3 Å². The first-order chi connectivity index (χ1) is 15.1. The van der Waals surface area contributed by atoms with Crippen LogP contribution in [-0.2, 0) is 10.8 Å². The second-order valence-corrected chi connectivity index (χ2v) is 9.93. The van der Waals surface area contributed by atoms with E-state index in [4.69, 9.17) is 0 Å². The summed E-state index contributed by atoms with van der Waals surface area (Å²) in [5, 5.41) is 12.2. The van der Waals surface area contributed by atoms with Crippen LogP contribution in [0.2, 0.25) is 0 Å². The average molecular weight is 426 g/mol.